The first-order valence-electron chi connectivity index (χ1n) is 5.32. The van der Waals surface area contributed by atoms with E-state index in [0.717, 1.165) is 5.56 Å². The number of nitrogens with zero attached hydrogens (tertiary/aromatic N) is 1. The maximum atomic E-state index is 11.3. The lowest BCUT2D eigenvalue weighted by atomic mass is 10.1. The minimum Gasteiger partial charge on any atom is -0.478 e. The van der Waals surface area contributed by atoms with Gasteiger partial charge in [0.25, 0.3) is 0 Å². The molecule has 1 aromatic carbocycles. The smallest absolute Gasteiger partial charge is 0.334 e. The number of carbonyl (C=O) groups is 1. The van der Waals surface area contributed by atoms with E-state index in [-0.39, 0.29) is 6.61 Å². The Balaban J connectivity index is 2.14. The fourth-order valence-corrected chi connectivity index (χ4v) is 2.16. The highest BCUT2D eigenvalue weighted by atomic mass is 35.5. The molecule has 0 aromatic heterocycles. The molecule has 96 valence electrons. The molecule has 18 heavy (non-hydrogen) atoms. The molecule has 2 rings (SSSR count). The molecule has 6 heteroatoms. The van der Waals surface area contributed by atoms with Gasteiger partial charge in [0.15, 0.2) is 11.9 Å². The van der Waals surface area contributed by atoms with Crippen molar-refractivity contribution in [2.45, 2.75) is 12.5 Å². The van der Waals surface area contributed by atoms with Crippen LogP contribution in [0.2, 0.25) is 10.0 Å². The van der Waals surface area contributed by atoms with Gasteiger partial charge in [0.05, 0.1) is 13.5 Å². The molecular formula is C12H11Cl2NO3. The van der Waals surface area contributed by atoms with Crippen LogP contribution in [0, 0.1) is 0 Å². The summed E-state index contributed by atoms with van der Waals surface area (Å²) in [5.74, 6) is 0.0376. The van der Waals surface area contributed by atoms with E-state index >= 15 is 0 Å². The summed E-state index contributed by atoms with van der Waals surface area (Å²) in [7, 11) is 1.32. The summed E-state index contributed by atoms with van der Waals surface area (Å²) < 4.78 is 9.94. The van der Waals surface area contributed by atoms with Crippen LogP contribution >= 0.6 is 23.2 Å². The largest absolute Gasteiger partial charge is 0.478 e. The molecule has 1 aliphatic heterocycles. The predicted molar refractivity (Wildman–Crippen MR) is 69.4 cm³/mol. The average molecular weight is 288 g/mol. The van der Waals surface area contributed by atoms with Crippen LogP contribution in [0.15, 0.2) is 23.2 Å². The first-order chi connectivity index (χ1) is 8.61. The molecule has 0 N–H and O–H groups in total. The van der Waals surface area contributed by atoms with Gasteiger partial charge < -0.3 is 9.47 Å². The molecule has 0 bridgehead atoms. The van der Waals surface area contributed by atoms with Crippen LogP contribution in [0.5, 0.6) is 0 Å². The topological polar surface area (TPSA) is 47.9 Å². The predicted octanol–water partition coefficient (Wildman–Crippen LogP) is 2.51. The van der Waals surface area contributed by atoms with Gasteiger partial charge >= 0.3 is 5.97 Å². The van der Waals surface area contributed by atoms with Crippen LogP contribution in [-0.2, 0) is 20.7 Å². The second kappa shape index (κ2) is 5.59. The van der Waals surface area contributed by atoms with Crippen molar-refractivity contribution in [3.05, 3.63) is 33.8 Å². The Hall–Kier alpha value is -1.26. The van der Waals surface area contributed by atoms with Crippen molar-refractivity contribution in [3.63, 3.8) is 0 Å². The van der Waals surface area contributed by atoms with Crippen molar-refractivity contribution in [1.29, 1.82) is 0 Å². The number of carbonyl (C=O) groups excluding carboxylic acids is 1. The van der Waals surface area contributed by atoms with E-state index < -0.39 is 12.0 Å². The van der Waals surface area contributed by atoms with Crippen molar-refractivity contribution in [2.75, 3.05) is 13.7 Å². The number of ether oxygens (including phenoxy) is 2. The molecule has 1 aromatic rings. The summed E-state index contributed by atoms with van der Waals surface area (Å²) in [6.45, 7) is 0.198. The van der Waals surface area contributed by atoms with E-state index in [9.17, 15) is 4.79 Å². The highest BCUT2D eigenvalue weighted by molar-refractivity contribution is 6.36. The summed E-state index contributed by atoms with van der Waals surface area (Å²) >= 11 is 12.1. The Morgan fingerprint density at radius 3 is 2.78 bits per heavy atom. The molecule has 4 nitrogen and oxygen atoms in total. The standard InChI is InChI=1S/C12H11Cl2NO3/c1-17-12(16)10-6-18-11(15-10)5-7-8(13)3-2-4-9(7)14/h2-4,10H,5-6H2,1H3. The van der Waals surface area contributed by atoms with E-state index in [0.29, 0.717) is 22.4 Å². The third-order valence-corrected chi connectivity index (χ3v) is 3.28. The molecule has 1 atom stereocenters. The molecule has 0 amide bonds. The molecule has 0 saturated carbocycles. The van der Waals surface area contributed by atoms with Gasteiger partial charge in [-0.3, -0.25) is 0 Å². The van der Waals surface area contributed by atoms with Crippen LogP contribution in [0.4, 0.5) is 0 Å². The Morgan fingerprint density at radius 1 is 1.50 bits per heavy atom. The minimum absolute atomic E-state index is 0.198. The number of rotatable bonds is 3. The summed E-state index contributed by atoms with van der Waals surface area (Å²) in [4.78, 5) is 15.4. The number of benzene rings is 1. The van der Waals surface area contributed by atoms with Crippen LogP contribution in [0.3, 0.4) is 0 Å². The molecule has 1 unspecified atom stereocenters. The van der Waals surface area contributed by atoms with E-state index in [1.807, 2.05) is 0 Å². The second-order valence-electron chi connectivity index (χ2n) is 3.75. The van der Waals surface area contributed by atoms with Gasteiger partial charge in [-0.2, -0.15) is 0 Å². The summed E-state index contributed by atoms with van der Waals surface area (Å²) in [5, 5.41) is 1.10. The highest BCUT2D eigenvalue weighted by Gasteiger charge is 2.27. The lowest BCUT2D eigenvalue weighted by Crippen LogP contribution is -2.21. The highest BCUT2D eigenvalue weighted by Crippen LogP contribution is 2.26. The Bertz CT molecular complexity index is 482. The van der Waals surface area contributed by atoms with E-state index in [4.69, 9.17) is 27.9 Å². The zero-order chi connectivity index (χ0) is 13.1. The maximum absolute atomic E-state index is 11.3. The molecule has 1 aliphatic rings. The fourth-order valence-electron chi connectivity index (χ4n) is 1.63. The zero-order valence-electron chi connectivity index (χ0n) is 9.65. The van der Waals surface area contributed by atoms with Gasteiger partial charge in [-0.05, 0) is 17.7 Å². The number of aliphatic imine (C=N–C) groups is 1. The Kier molecular flexibility index (Phi) is 4.09. The van der Waals surface area contributed by atoms with Gasteiger partial charge in [0.2, 0.25) is 0 Å². The quantitative estimate of drug-likeness (QED) is 0.803. The number of hydrogen-bond acceptors (Lipinski definition) is 4. The van der Waals surface area contributed by atoms with Gasteiger partial charge in [0.1, 0.15) is 6.61 Å². The molecule has 0 saturated heterocycles. The summed E-state index contributed by atoms with van der Waals surface area (Å²) in [6.07, 6.45) is 0.367. The van der Waals surface area contributed by atoms with Gasteiger partial charge in [-0.1, -0.05) is 29.3 Å². The normalized spacial score (nSPS) is 18.2. The number of hydrogen-bond donors (Lipinski definition) is 0. The first-order valence-corrected chi connectivity index (χ1v) is 6.07. The van der Waals surface area contributed by atoms with Crippen LogP contribution in [0.1, 0.15) is 5.56 Å². The van der Waals surface area contributed by atoms with Crippen LogP contribution in [0.25, 0.3) is 0 Å². The zero-order valence-corrected chi connectivity index (χ0v) is 11.2. The third-order valence-electron chi connectivity index (χ3n) is 2.57. The summed E-state index contributed by atoms with van der Waals surface area (Å²) in [6, 6.07) is 4.67. The molecule has 0 fully saturated rings. The van der Waals surface area contributed by atoms with Crippen molar-refractivity contribution in [3.8, 4) is 0 Å². The molecule has 0 spiro atoms. The van der Waals surface area contributed by atoms with E-state index in [1.54, 1.807) is 18.2 Å². The molecule has 0 radical (unpaired) electrons. The third kappa shape index (κ3) is 2.76. The van der Waals surface area contributed by atoms with Crippen molar-refractivity contribution in [2.24, 2.45) is 4.99 Å². The van der Waals surface area contributed by atoms with Crippen LogP contribution < -0.4 is 0 Å². The monoisotopic (exact) mass is 287 g/mol. The van der Waals surface area contributed by atoms with Gasteiger partial charge in [0, 0.05) is 10.0 Å². The van der Waals surface area contributed by atoms with Gasteiger partial charge in [-0.25, -0.2) is 9.79 Å². The Labute approximate surface area is 115 Å². The molecule has 1 heterocycles. The number of halogens is 2. The van der Waals surface area contributed by atoms with Crippen molar-refractivity contribution in [1.82, 2.24) is 0 Å². The SMILES string of the molecule is COC(=O)C1COC(Cc2c(Cl)cccc2Cl)=N1. The average Bonchev–Trinajstić information content (AvgIpc) is 2.81. The fraction of sp³-hybridized carbons (Fsp3) is 0.333. The van der Waals surface area contributed by atoms with Crippen molar-refractivity contribution < 1.29 is 14.3 Å². The number of methoxy groups -OCH3 is 1. The lowest BCUT2D eigenvalue weighted by Gasteiger charge is -2.06. The second-order valence-corrected chi connectivity index (χ2v) is 4.56. The minimum atomic E-state index is -0.591. The van der Waals surface area contributed by atoms with E-state index in [2.05, 4.69) is 9.73 Å². The Morgan fingerprint density at radius 2 is 2.17 bits per heavy atom. The van der Waals surface area contributed by atoms with Gasteiger partial charge in [-0.15, -0.1) is 0 Å². The number of esters is 1. The molecule has 0 aliphatic carbocycles. The summed E-state index contributed by atoms with van der Waals surface area (Å²) in [5.41, 5.74) is 0.741. The van der Waals surface area contributed by atoms with E-state index in [1.165, 1.54) is 7.11 Å². The molecular weight excluding hydrogens is 277 g/mol. The van der Waals surface area contributed by atoms with Crippen molar-refractivity contribution >= 4 is 35.1 Å². The van der Waals surface area contributed by atoms with Crippen LogP contribution in [-0.4, -0.2) is 31.6 Å². The lowest BCUT2D eigenvalue weighted by molar-refractivity contribution is -0.142. The maximum Gasteiger partial charge on any atom is 0.334 e. The first kappa shape index (κ1) is 13.2.